The monoisotopic (exact) mass is 610 g/mol. The predicted molar refractivity (Wildman–Crippen MR) is 206 cm³/mol. The smallest absolute Gasteiger partial charge is 0.0440 e. The van der Waals surface area contributed by atoms with E-state index in [1.54, 1.807) is 0 Å². The fourth-order valence-electron chi connectivity index (χ4n) is 8.28. The minimum Gasteiger partial charge on any atom is -0.135 e. The first kappa shape index (κ1) is 25.4. The van der Waals surface area contributed by atoms with Gasteiger partial charge in [-0.2, -0.15) is 0 Å². The lowest BCUT2D eigenvalue weighted by atomic mass is 9.88. The number of hydrogen-bond donors (Lipinski definition) is 0. The van der Waals surface area contributed by atoms with E-state index in [4.69, 9.17) is 0 Å². The molecule has 0 bridgehead atoms. The zero-order valence-electron chi connectivity index (χ0n) is 25.4. The second-order valence-electron chi connectivity index (χ2n) is 12.8. The molecule has 0 radical (unpaired) electrons. The molecule has 11 aromatic rings. The summed E-state index contributed by atoms with van der Waals surface area (Å²) in [5.41, 5.74) is 6.41. The van der Waals surface area contributed by atoms with Crippen molar-refractivity contribution in [1.82, 2.24) is 0 Å². The molecule has 216 valence electrons. The summed E-state index contributed by atoms with van der Waals surface area (Å²) >= 11 is 1.91. The van der Waals surface area contributed by atoms with Gasteiger partial charge >= 0.3 is 0 Å². The summed E-state index contributed by atoms with van der Waals surface area (Å²) in [6.45, 7) is 0. The van der Waals surface area contributed by atoms with Crippen molar-refractivity contribution in [3.8, 4) is 32.7 Å². The molecule has 0 nitrogen and oxygen atoms in total. The Bertz CT molecular complexity index is 2980. The average Bonchev–Trinajstić information content (AvgIpc) is 3.52. The SMILES string of the molecule is c1cc(-c2c(-c3ccc4ccc5cccc6ccc3c4c56)sc3ccccc23)cc(-c2ccc3ccc4cccc5ccc2c3c45)c1. The van der Waals surface area contributed by atoms with Gasteiger partial charge in [-0.3, -0.25) is 0 Å². The highest BCUT2D eigenvalue weighted by Crippen LogP contribution is 2.49. The van der Waals surface area contributed by atoms with Gasteiger partial charge in [-0.15, -0.1) is 11.3 Å². The zero-order valence-corrected chi connectivity index (χ0v) is 26.2. The molecule has 1 heterocycles. The lowest BCUT2D eigenvalue weighted by Gasteiger charge is -2.16. The summed E-state index contributed by atoms with van der Waals surface area (Å²) < 4.78 is 1.32. The molecule has 0 aliphatic rings. The summed E-state index contributed by atoms with van der Waals surface area (Å²) in [4.78, 5) is 1.33. The molecule has 10 aromatic carbocycles. The van der Waals surface area contributed by atoms with Crippen molar-refractivity contribution < 1.29 is 0 Å². The van der Waals surface area contributed by atoms with Crippen LogP contribution in [0, 0.1) is 0 Å². The van der Waals surface area contributed by atoms with E-state index in [1.807, 2.05) is 11.3 Å². The van der Waals surface area contributed by atoms with E-state index in [0.29, 0.717) is 0 Å². The van der Waals surface area contributed by atoms with Crippen molar-refractivity contribution >= 4 is 86.1 Å². The van der Waals surface area contributed by atoms with Crippen molar-refractivity contribution in [2.75, 3.05) is 0 Å². The molecule has 0 N–H and O–H groups in total. The van der Waals surface area contributed by atoms with Crippen molar-refractivity contribution in [2.24, 2.45) is 0 Å². The highest BCUT2D eigenvalue weighted by Gasteiger charge is 2.20. The first-order chi connectivity index (χ1) is 23.3. The minimum absolute atomic E-state index is 1.25. The van der Waals surface area contributed by atoms with Gasteiger partial charge < -0.3 is 0 Å². The Morgan fingerprint density at radius 2 is 0.809 bits per heavy atom. The molecular formula is C46H26S. The topological polar surface area (TPSA) is 0 Å². The molecule has 1 aromatic heterocycles. The van der Waals surface area contributed by atoms with Crippen molar-refractivity contribution in [3.05, 3.63) is 158 Å². The maximum Gasteiger partial charge on any atom is 0.0440 e. The van der Waals surface area contributed by atoms with Gasteiger partial charge in [0.25, 0.3) is 0 Å². The quantitative estimate of drug-likeness (QED) is 0.175. The molecule has 11 rings (SSSR count). The molecule has 0 aliphatic carbocycles. The van der Waals surface area contributed by atoms with E-state index < -0.39 is 0 Å². The molecule has 0 aliphatic heterocycles. The first-order valence-electron chi connectivity index (χ1n) is 16.3. The highest BCUT2D eigenvalue weighted by atomic mass is 32.1. The van der Waals surface area contributed by atoms with Crippen LogP contribution in [0.25, 0.3) is 107 Å². The van der Waals surface area contributed by atoms with Gasteiger partial charge in [0.2, 0.25) is 0 Å². The lowest BCUT2D eigenvalue weighted by Crippen LogP contribution is -1.89. The van der Waals surface area contributed by atoms with Gasteiger partial charge in [-0.1, -0.05) is 146 Å². The second-order valence-corrected chi connectivity index (χ2v) is 13.9. The number of hydrogen-bond acceptors (Lipinski definition) is 1. The average molecular weight is 611 g/mol. The van der Waals surface area contributed by atoms with E-state index in [9.17, 15) is 0 Å². The van der Waals surface area contributed by atoms with Crippen LogP contribution in [-0.4, -0.2) is 0 Å². The Kier molecular flexibility index (Phi) is 5.08. The van der Waals surface area contributed by atoms with Crippen molar-refractivity contribution in [1.29, 1.82) is 0 Å². The number of rotatable bonds is 3. The van der Waals surface area contributed by atoms with E-state index in [-0.39, 0.29) is 0 Å². The van der Waals surface area contributed by atoms with Crippen LogP contribution < -0.4 is 0 Å². The van der Waals surface area contributed by atoms with Gasteiger partial charge in [-0.05, 0) is 93.5 Å². The molecule has 0 atom stereocenters. The van der Waals surface area contributed by atoms with Crippen LogP contribution in [0.2, 0.25) is 0 Å². The molecule has 47 heavy (non-hydrogen) atoms. The molecule has 0 saturated carbocycles. The van der Waals surface area contributed by atoms with Gasteiger partial charge in [-0.25, -0.2) is 0 Å². The minimum atomic E-state index is 1.25. The second kappa shape index (κ2) is 9.39. The molecule has 0 unspecified atom stereocenters. The van der Waals surface area contributed by atoms with Gasteiger partial charge in [0.05, 0.1) is 0 Å². The largest absolute Gasteiger partial charge is 0.135 e. The standard InChI is InChI=1S/C46H26S/c1-2-13-40-39(12-1)45(46(47-40)38-25-21-32-17-15-28-7-4-9-30-20-24-37(38)44(32)42(28)30)34-11-5-10-33(26-34)35-22-18-31-16-14-27-6-3-8-29-19-23-36(35)43(31)41(27)29/h1-26H. The van der Waals surface area contributed by atoms with E-state index in [0.717, 1.165) is 0 Å². The van der Waals surface area contributed by atoms with E-state index in [1.165, 1.54) is 107 Å². The Labute approximate surface area is 275 Å². The summed E-state index contributed by atoms with van der Waals surface area (Å²) in [5, 5.41) is 17.2. The highest BCUT2D eigenvalue weighted by molar-refractivity contribution is 7.23. The first-order valence-corrected chi connectivity index (χ1v) is 17.1. The van der Waals surface area contributed by atoms with Crippen LogP contribution in [0.1, 0.15) is 0 Å². The normalized spacial score (nSPS) is 12.3. The molecule has 1 heteroatoms. The number of thiophene rings is 1. The third-order valence-electron chi connectivity index (χ3n) is 10.4. The van der Waals surface area contributed by atoms with E-state index in [2.05, 4.69) is 158 Å². The van der Waals surface area contributed by atoms with Crippen LogP contribution >= 0.6 is 11.3 Å². The van der Waals surface area contributed by atoms with Crippen LogP contribution in [0.3, 0.4) is 0 Å². The third-order valence-corrected chi connectivity index (χ3v) is 11.6. The fourth-order valence-corrected chi connectivity index (χ4v) is 9.55. The summed E-state index contributed by atoms with van der Waals surface area (Å²) in [7, 11) is 0. The summed E-state index contributed by atoms with van der Waals surface area (Å²) in [6, 6.07) is 59.0. The Balaban J connectivity index is 1.17. The number of benzene rings is 10. The fraction of sp³-hybridized carbons (Fsp3) is 0. The third kappa shape index (κ3) is 3.52. The predicted octanol–water partition coefficient (Wildman–Crippen LogP) is 13.7. The van der Waals surface area contributed by atoms with Crippen molar-refractivity contribution in [3.63, 3.8) is 0 Å². The zero-order chi connectivity index (χ0) is 30.6. The molecular weight excluding hydrogens is 585 g/mol. The summed E-state index contributed by atoms with van der Waals surface area (Å²) in [5.74, 6) is 0. The molecule has 0 fully saturated rings. The Morgan fingerprint density at radius 3 is 1.47 bits per heavy atom. The van der Waals surface area contributed by atoms with Gasteiger partial charge in [0.1, 0.15) is 0 Å². The maximum atomic E-state index is 2.42. The molecule has 0 saturated heterocycles. The van der Waals surface area contributed by atoms with Crippen LogP contribution in [0.4, 0.5) is 0 Å². The Morgan fingerprint density at radius 1 is 0.319 bits per heavy atom. The maximum absolute atomic E-state index is 2.42. The Hall–Kier alpha value is -5.76. The molecule has 0 amide bonds. The van der Waals surface area contributed by atoms with Gasteiger partial charge in [0, 0.05) is 26.1 Å². The van der Waals surface area contributed by atoms with Crippen LogP contribution in [0.15, 0.2) is 158 Å². The van der Waals surface area contributed by atoms with Crippen molar-refractivity contribution in [2.45, 2.75) is 0 Å². The lowest BCUT2D eigenvalue weighted by molar-refractivity contribution is 1.65. The van der Waals surface area contributed by atoms with E-state index >= 15 is 0 Å². The summed E-state index contributed by atoms with van der Waals surface area (Å²) in [6.07, 6.45) is 0. The number of fused-ring (bicyclic) bond motifs is 1. The van der Waals surface area contributed by atoms with Gasteiger partial charge in [0.15, 0.2) is 0 Å². The van der Waals surface area contributed by atoms with Crippen LogP contribution in [0.5, 0.6) is 0 Å². The van der Waals surface area contributed by atoms with Crippen LogP contribution in [-0.2, 0) is 0 Å². The molecule has 0 spiro atoms.